The molecule has 0 aliphatic carbocycles. The summed E-state index contributed by atoms with van der Waals surface area (Å²) in [5.41, 5.74) is -1.35. The molecule has 4 heteroatoms. The van der Waals surface area contributed by atoms with E-state index in [2.05, 4.69) is 5.32 Å². The summed E-state index contributed by atoms with van der Waals surface area (Å²) in [7, 11) is 0. The molecule has 100 valence electrons. The van der Waals surface area contributed by atoms with E-state index >= 15 is 0 Å². The van der Waals surface area contributed by atoms with E-state index in [9.17, 15) is 4.79 Å². The van der Waals surface area contributed by atoms with Crippen LogP contribution in [-0.4, -0.2) is 41.7 Å². The second-order valence-corrected chi connectivity index (χ2v) is 5.82. The van der Waals surface area contributed by atoms with E-state index in [4.69, 9.17) is 11.6 Å². The SMILES string of the molecule is [2H]C([2H])([2H])C([2H])([2H])N1CCC[C@](C)(NC(=O)OC(C)(C)C)C1. The molecule has 0 aromatic rings. The third kappa shape index (κ3) is 4.94. The molecular weight excluding hydrogens is 216 g/mol. The van der Waals surface area contributed by atoms with Crippen LogP contribution in [0.15, 0.2) is 0 Å². The number of nitrogens with one attached hydrogen (secondary N) is 1. The molecule has 0 bridgehead atoms. The van der Waals surface area contributed by atoms with Crippen molar-refractivity contribution in [3.05, 3.63) is 0 Å². The van der Waals surface area contributed by atoms with E-state index in [1.54, 1.807) is 27.7 Å². The second-order valence-electron chi connectivity index (χ2n) is 5.82. The maximum Gasteiger partial charge on any atom is 0.408 e. The molecule has 1 atom stereocenters. The van der Waals surface area contributed by atoms with Gasteiger partial charge < -0.3 is 15.0 Å². The van der Waals surface area contributed by atoms with Gasteiger partial charge in [0.05, 0.1) is 5.54 Å². The Bertz CT molecular complexity index is 420. The van der Waals surface area contributed by atoms with Crippen LogP contribution in [0.1, 0.15) is 54.2 Å². The van der Waals surface area contributed by atoms with Crippen molar-refractivity contribution in [2.24, 2.45) is 0 Å². The van der Waals surface area contributed by atoms with Crippen LogP contribution in [0.4, 0.5) is 4.79 Å². The van der Waals surface area contributed by atoms with Crippen molar-refractivity contribution >= 4 is 6.09 Å². The molecule has 1 N–H and O–H groups in total. The normalized spacial score (nSPS) is 32.6. The quantitative estimate of drug-likeness (QED) is 0.814. The Labute approximate surface area is 112 Å². The maximum atomic E-state index is 11.9. The van der Waals surface area contributed by atoms with Gasteiger partial charge in [0.15, 0.2) is 0 Å². The Hall–Kier alpha value is -0.770. The number of carbonyl (C=O) groups is 1. The van der Waals surface area contributed by atoms with Crippen molar-refractivity contribution < 1.29 is 16.4 Å². The molecule has 0 aromatic heterocycles. The first kappa shape index (κ1) is 8.35. The molecule has 17 heavy (non-hydrogen) atoms. The molecule has 0 unspecified atom stereocenters. The maximum absolute atomic E-state index is 11.9. The lowest BCUT2D eigenvalue weighted by Crippen LogP contribution is -2.57. The molecule has 0 spiro atoms. The monoisotopic (exact) mass is 247 g/mol. The number of alkyl carbamates (subject to hydrolysis) is 1. The molecule has 0 aromatic carbocycles. The first-order chi connectivity index (χ1) is 9.66. The van der Waals surface area contributed by atoms with Crippen molar-refractivity contribution in [1.29, 1.82) is 0 Å². The molecule has 1 aliphatic rings. The summed E-state index contributed by atoms with van der Waals surface area (Å²) in [6.07, 6.45) is 0.660. The van der Waals surface area contributed by atoms with Gasteiger partial charge in [-0.05, 0) is 53.6 Å². The first-order valence-electron chi connectivity index (χ1n) is 8.43. The summed E-state index contributed by atoms with van der Waals surface area (Å²) < 4.78 is 43.0. The van der Waals surface area contributed by atoms with Crippen molar-refractivity contribution in [3.8, 4) is 0 Å². The average molecular weight is 247 g/mol. The number of carbonyl (C=O) groups excluding carboxylic acids is 1. The van der Waals surface area contributed by atoms with Gasteiger partial charge in [-0.25, -0.2) is 4.79 Å². The highest BCUT2D eigenvalue weighted by molar-refractivity contribution is 5.68. The summed E-state index contributed by atoms with van der Waals surface area (Å²) in [5, 5.41) is 2.75. The minimum atomic E-state index is -2.74. The van der Waals surface area contributed by atoms with E-state index < -0.39 is 30.6 Å². The number of piperidine rings is 1. The van der Waals surface area contributed by atoms with Crippen LogP contribution in [0.2, 0.25) is 0 Å². The zero-order chi connectivity index (χ0) is 17.4. The van der Waals surface area contributed by atoms with Crippen molar-refractivity contribution in [3.63, 3.8) is 0 Å². The van der Waals surface area contributed by atoms with Crippen molar-refractivity contribution in [2.75, 3.05) is 19.6 Å². The zero-order valence-electron chi connectivity index (χ0n) is 16.1. The number of ether oxygens (including phenoxy) is 1. The number of nitrogens with zero attached hydrogens (tertiary/aromatic N) is 1. The number of likely N-dealkylation sites (tertiary alicyclic amines) is 1. The van der Waals surface area contributed by atoms with Crippen LogP contribution in [0.25, 0.3) is 0 Å². The molecule has 1 aliphatic heterocycles. The van der Waals surface area contributed by atoms with Crippen molar-refractivity contribution in [2.45, 2.75) is 58.5 Å². The van der Waals surface area contributed by atoms with Gasteiger partial charge in [0, 0.05) is 13.4 Å². The zero-order valence-corrected chi connectivity index (χ0v) is 11.1. The topological polar surface area (TPSA) is 41.6 Å². The third-order valence-corrected chi connectivity index (χ3v) is 2.66. The smallest absolute Gasteiger partial charge is 0.408 e. The van der Waals surface area contributed by atoms with E-state index in [-0.39, 0.29) is 6.54 Å². The van der Waals surface area contributed by atoms with Gasteiger partial charge in [-0.3, -0.25) is 0 Å². The fourth-order valence-corrected chi connectivity index (χ4v) is 1.99. The first-order valence-corrected chi connectivity index (χ1v) is 5.93. The number of rotatable bonds is 2. The van der Waals surface area contributed by atoms with Gasteiger partial charge in [-0.15, -0.1) is 0 Å². The fourth-order valence-electron chi connectivity index (χ4n) is 1.99. The third-order valence-electron chi connectivity index (χ3n) is 2.66. The van der Waals surface area contributed by atoms with Gasteiger partial charge in [0.2, 0.25) is 0 Å². The lowest BCUT2D eigenvalue weighted by Gasteiger charge is -2.40. The number of likely N-dealkylation sites (N-methyl/N-ethyl adjacent to an activating group) is 1. The summed E-state index contributed by atoms with van der Waals surface area (Å²) in [4.78, 5) is 13.2. The largest absolute Gasteiger partial charge is 0.444 e. The predicted octanol–water partition coefficient (Wildman–Crippen LogP) is 2.39. The van der Waals surface area contributed by atoms with Crippen molar-refractivity contribution in [1.82, 2.24) is 10.2 Å². The lowest BCUT2D eigenvalue weighted by molar-refractivity contribution is 0.0392. The Morgan fingerprint density at radius 2 is 2.35 bits per heavy atom. The molecule has 0 radical (unpaired) electrons. The Morgan fingerprint density at radius 1 is 1.65 bits per heavy atom. The number of hydrogen-bond donors (Lipinski definition) is 1. The molecular formula is C13H26N2O2. The highest BCUT2D eigenvalue weighted by atomic mass is 16.6. The van der Waals surface area contributed by atoms with Crippen LogP contribution < -0.4 is 5.32 Å². The Balaban J connectivity index is 2.79. The number of hydrogen-bond acceptors (Lipinski definition) is 3. The second kappa shape index (κ2) is 5.25. The Kier molecular flexibility index (Phi) is 2.58. The summed E-state index contributed by atoms with van der Waals surface area (Å²) >= 11 is 0. The summed E-state index contributed by atoms with van der Waals surface area (Å²) in [6, 6.07) is 0. The molecule has 1 fully saturated rings. The van der Waals surface area contributed by atoms with Crippen LogP contribution in [0.3, 0.4) is 0 Å². The number of amides is 1. The van der Waals surface area contributed by atoms with Crippen LogP contribution in [0, 0.1) is 0 Å². The standard InChI is InChI=1S/C13H26N2O2/c1-6-15-9-7-8-13(5,10-15)14-11(16)17-12(2,3)4/h6-10H2,1-5H3,(H,14,16)/t13-/m0/s1/i1D3,6D2. The van der Waals surface area contributed by atoms with Crippen LogP contribution in [0.5, 0.6) is 0 Å². The predicted molar refractivity (Wildman–Crippen MR) is 69.1 cm³/mol. The van der Waals surface area contributed by atoms with E-state index in [1.165, 1.54) is 4.90 Å². The highest BCUT2D eigenvalue weighted by Gasteiger charge is 2.33. The fraction of sp³-hybridized carbons (Fsp3) is 0.923. The van der Waals surface area contributed by atoms with E-state index in [0.29, 0.717) is 19.4 Å². The molecule has 0 saturated carbocycles. The van der Waals surface area contributed by atoms with E-state index in [1.807, 2.05) is 0 Å². The van der Waals surface area contributed by atoms with Gasteiger partial charge in [-0.1, -0.05) is 6.85 Å². The highest BCUT2D eigenvalue weighted by Crippen LogP contribution is 2.21. The minimum Gasteiger partial charge on any atom is -0.444 e. The Morgan fingerprint density at radius 3 is 2.94 bits per heavy atom. The lowest BCUT2D eigenvalue weighted by atomic mass is 9.91. The van der Waals surface area contributed by atoms with Crippen LogP contribution in [-0.2, 0) is 4.74 Å². The van der Waals surface area contributed by atoms with Gasteiger partial charge in [0.25, 0.3) is 0 Å². The minimum absolute atomic E-state index is 0.123. The molecule has 4 nitrogen and oxygen atoms in total. The summed E-state index contributed by atoms with van der Waals surface area (Å²) in [5.74, 6) is 0. The summed E-state index contributed by atoms with van der Waals surface area (Å²) in [6.45, 7) is 2.36. The molecule has 1 amide bonds. The van der Waals surface area contributed by atoms with Gasteiger partial charge >= 0.3 is 6.09 Å². The molecule has 1 saturated heterocycles. The van der Waals surface area contributed by atoms with Gasteiger partial charge in [0.1, 0.15) is 5.60 Å². The average Bonchev–Trinajstić information content (AvgIpc) is 2.23. The molecule has 1 heterocycles. The van der Waals surface area contributed by atoms with Gasteiger partial charge in [-0.2, -0.15) is 0 Å². The van der Waals surface area contributed by atoms with E-state index in [0.717, 1.165) is 0 Å². The molecule has 1 rings (SSSR count). The van der Waals surface area contributed by atoms with Crippen LogP contribution >= 0.6 is 0 Å².